The molecule has 6 atom stereocenters. The van der Waals surface area contributed by atoms with Crippen molar-refractivity contribution in [3.63, 3.8) is 0 Å². The van der Waals surface area contributed by atoms with Crippen LogP contribution in [-0.2, 0) is 4.79 Å². The number of carbonyl (C=O) groups excluding carboxylic acids is 1. The van der Waals surface area contributed by atoms with E-state index in [1.54, 1.807) is 0 Å². The van der Waals surface area contributed by atoms with E-state index in [-0.39, 0.29) is 16.6 Å². The molecule has 4 fully saturated rings. The molecule has 0 aromatic rings. The van der Waals surface area contributed by atoms with Gasteiger partial charge < -0.3 is 5.11 Å². The molecule has 4 saturated carbocycles. The lowest BCUT2D eigenvalue weighted by atomic mass is 9.40. The van der Waals surface area contributed by atoms with Crippen LogP contribution in [0.2, 0.25) is 0 Å². The van der Waals surface area contributed by atoms with Crippen LogP contribution in [0.1, 0.15) is 65.7 Å². The number of fused-ring (bicyclic) bond motifs is 3. The summed E-state index contributed by atoms with van der Waals surface area (Å²) in [5.41, 5.74) is 1.70. The van der Waals surface area contributed by atoms with E-state index in [4.69, 9.17) is 0 Å². The molecule has 1 spiro atoms. The van der Waals surface area contributed by atoms with E-state index >= 15 is 0 Å². The van der Waals surface area contributed by atoms with Crippen molar-refractivity contribution in [2.45, 2.75) is 71.8 Å². The predicted molar refractivity (Wildman–Crippen MR) is 87.3 cm³/mol. The molecule has 0 amide bonds. The maximum Gasteiger partial charge on any atom is 0.162 e. The summed E-state index contributed by atoms with van der Waals surface area (Å²) in [4.78, 5) is 12.5. The first kappa shape index (κ1) is 14.9. The minimum atomic E-state index is -0.769. The number of aliphatic hydroxyl groups excluding tert-OH is 1. The van der Waals surface area contributed by atoms with E-state index in [1.807, 2.05) is 0 Å². The first-order chi connectivity index (χ1) is 10.2. The topological polar surface area (TPSA) is 37.3 Å². The van der Waals surface area contributed by atoms with Gasteiger partial charge in [-0.3, -0.25) is 4.79 Å². The first-order valence-corrected chi connectivity index (χ1v) is 9.09. The van der Waals surface area contributed by atoms with Gasteiger partial charge in [0, 0.05) is 11.8 Å². The summed E-state index contributed by atoms with van der Waals surface area (Å²) in [7, 11) is 0. The normalized spacial score (nSPS) is 53.1. The van der Waals surface area contributed by atoms with Crippen LogP contribution in [0.3, 0.4) is 0 Å². The molecule has 0 saturated heterocycles. The summed E-state index contributed by atoms with van der Waals surface area (Å²) in [5.74, 6) is 1.94. The molecule has 122 valence electrons. The molecule has 4 aliphatic rings. The molecule has 2 heteroatoms. The number of allylic oxidation sites excluding steroid dienone is 1. The van der Waals surface area contributed by atoms with Crippen LogP contribution in [0.4, 0.5) is 0 Å². The first-order valence-electron chi connectivity index (χ1n) is 9.09. The van der Waals surface area contributed by atoms with E-state index in [9.17, 15) is 9.90 Å². The van der Waals surface area contributed by atoms with Crippen LogP contribution in [0.15, 0.2) is 12.2 Å². The highest BCUT2D eigenvalue weighted by molar-refractivity contribution is 5.85. The highest BCUT2D eigenvalue weighted by atomic mass is 16.3. The Morgan fingerprint density at radius 1 is 1.09 bits per heavy atom. The van der Waals surface area contributed by atoms with Crippen molar-refractivity contribution in [2.75, 3.05) is 0 Å². The van der Waals surface area contributed by atoms with Crippen molar-refractivity contribution in [1.29, 1.82) is 0 Å². The number of Topliss-reactive ketones (excluding diaryl/α,β-unsaturated/α-hetero) is 1. The molecule has 1 N–H and O–H groups in total. The number of ketones is 1. The van der Waals surface area contributed by atoms with E-state index in [0.29, 0.717) is 23.7 Å². The van der Waals surface area contributed by atoms with Crippen LogP contribution >= 0.6 is 0 Å². The van der Waals surface area contributed by atoms with Crippen molar-refractivity contribution in [2.24, 2.45) is 34.0 Å². The van der Waals surface area contributed by atoms with Crippen LogP contribution in [0.5, 0.6) is 0 Å². The molecule has 0 aromatic carbocycles. The van der Waals surface area contributed by atoms with E-state index in [1.165, 1.54) is 44.1 Å². The maximum atomic E-state index is 12.5. The average molecular weight is 302 g/mol. The monoisotopic (exact) mass is 302 g/mol. The Hall–Kier alpha value is -0.630. The molecule has 2 nitrogen and oxygen atoms in total. The van der Waals surface area contributed by atoms with Crippen LogP contribution in [0, 0.1) is 34.0 Å². The van der Waals surface area contributed by atoms with Crippen LogP contribution < -0.4 is 0 Å². The Labute approximate surface area is 134 Å². The average Bonchev–Trinajstić information content (AvgIpc) is 2.66. The lowest BCUT2D eigenvalue weighted by Crippen LogP contribution is -2.62. The Morgan fingerprint density at radius 3 is 2.55 bits per heavy atom. The van der Waals surface area contributed by atoms with Gasteiger partial charge >= 0.3 is 0 Å². The second-order valence-electron chi connectivity index (χ2n) is 9.69. The van der Waals surface area contributed by atoms with E-state index < -0.39 is 6.10 Å². The molecular formula is C20H30O2. The molecule has 4 rings (SSSR count). The quantitative estimate of drug-likeness (QED) is 0.683. The summed E-state index contributed by atoms with van der Waals surface area (Å²) in [6, 6.07) is 0. The SMILES string of the molecule is C=C1CC23CCC4C(C)(C)C(O)C(=O)CC4(C)C2CCC1C3. The Balaban J connectivity index is 1.77. The highest BCUT2D eigenvalue weighted by Crippen LogP contribution is 2.71. The lowest BCUT2D eigenvalue weighted by molar-refractivity contribution is -0.186. The molecule has 6 unspecified atom stereocenters. The minimum absolute atomic E-state index is 0.0770. The van der Waals surface area contributed by atoms with Crippen LogP contribution in [-0.4, -0.2) is 17.0 Å². The summed E-state index contributed by atoms with van der Waals surface area (Å²) in [6.45, 7) is 11.0. The third kappa shape index (κ3) is 1.63. The fourth-order valence-corrected chi connectivity index (χ4v) is 7.49. The summed E-state index contributed by atoms with van der Waals surface area (Å²) in [6.07, 6.45) is 7.31. The standard InChI is InChI=1S/C20H30O2/c1-12-9-20-8-7-15-18(2,3)17(22)14(21)11-19(15,4)16(20)6-5-13(12)10-20/h13,15-17,22H,1,5-11H2,2-4H3. The molecule has 0 aromatic heterocycles. The Morgan fingerprint density at radius 2 is 1.82 bits per heavy atom. The smallest absolute Gasteiger partial charge is 0.162 e. The van der Waals surface area contributed by atoms with E-state index in [2.05, 4.69) is 27.4 Å². The fourth-order valence-electron chi connectivity index (χ4n) is 7.49. The van der Waals surface area contributed by atoms with E-state index in [0.717, 1.165) is 5.92 Å². The van der Waals surface area contributed by atoms with Crippen molar-refractivity contribution in [1.82, 2.24) is 0 Å². The summed E-state index contributed by atoms with van der Waals surface area (Å²) < 4.78 is 0. The minimum Gasteiger partial charge on any atom is -0.385 e. The van der Waals surface area contributed by atoms with Gasteiger partial charge in [0.05, 0.1) is 0 Å². The lowest BCUT2D eigenvalue weighted by Gasteiger charge is -2.64. The zero-order valence-electron chi connectivity index (χ0n) is 14.3. The third-order valence-corrected chi connectivity index (χ3v) is 8.34. The van der Waals surface area contributed by atoms with Gasteiger partial charge in [-0.05, 0) is 67.1 Å². The fraction of sp³-hybridized carbons (Fsp3) is 0.850. The van der Waals surface area contributed by atoms with Gasteiger partial charge in [-0.15, -0.1) is 0 Å². The molecule has 22 heavy (non-hydrogen) atoms. The van der Waals surface area contributed by atoms with Crippen molar-refractivity contribution < 1.29 is 9.90 Å². The molecule has 2 bridgehead atoms. The van der Waals surface area contributed by atoms with Gasteiger partial charge in [0.15, 0.2) is 5.78 Å². The summed E-state index contributed by atoms with van der Waals surface area (Å²) in [5, 5.41) is 10.5. The van der Waals surface area contributed by atoms with Crippen molar-refractivity contribution >= 4 is 5.78 Å². The van der Waals surface area contributed by atoms with Gasteiger partial charge in [-0.1, -0.05) is 32.9 Å². The molecular weight excluding hydrogens is 272 g/mol. The van der Waals surface area contributed by atoms with Gasteiger partial charge in [-0.25, -0.2) is 0 Å². The second-order valence-corrected chi connectivity index (χ2v) is 9.69. The highest BCUT2D eigenvalue weighted by Gasteiger charge is 2.65. The number of aliphatic hydroxyl groups is 1. The number of hydrogen-bond acceptors (Lipinski definition) is 2. The van der Waals surface area contributed by atoms with Crippen molar-refractivity contribution in [3.05, 3.63) is 12.2 Å². The number of carbonyl (C=O) groups is 1. The van der Waals surface area contributed by atoms with Gasteiger partial charge in [-0.2, -0.15) is 0 Å². The molecule has 0 radical (unpaired) electrons. The Kier molecular flexibility index (Phi) is 2.89. The maximum absolute atomic E-state index is 12.5. The van der Waals surface area contributed by atoms with Gasteiger partial charge in [0.1, 0.15) is 6.10 Å². The van der Waals surface area contributed by atoms with Gasteiger partial charge in [0.2, 0.25) is 0 Å². The van der Waals surface area contributed by atoms with Gasteiger partial charge in [0.25, 0.3) is 0 Å². The zero-order valence-corrected chi connectivity index (χ0v) is 14.3. The zero-order chi connectivity index (χ0) is 15.9. The predicted octanol–water partition coefficient (Wildman–Crippen LogP) is 4.13. The Bertz CT molecular complexity index is 548. The summed E-state index contributed by atoms with van der Waals surface area (Å²) >= 11 is 0. The molecule has 0 aliphatic heterocycles. The number of rotatable bonds is 0. The molecule has 4 aliphatic carbocycles. The molecule has 0 heterocycles. The third-order valence-electron chi connectivity index (χ3n) is 8.34. The van der Waals surface area contributed by atoms with Crippen molar-refractivity contribution in [3.8, 4) is 0 Å². The largest absolute Gasteiger partial charge is 0.385 e. The number of hydrogen-bond donors (Lipinski definition) is 1. The second kappa shape index (κ2) is 4.26. The van der Waals surface area contributed by atoms with Crippen LogP contribution in [0.25, 0.3) is 0 Å².